The Kier molecular flexibility index (Phi) is 3.93. The lowest BCUT2D eigenvalue weighted by atomic mass is 10.2. The number of carbonyl (C=O) groups excluding carboxylic acids is 1. The van der Waals surface area contributed by atoms with Gasteiger partial charge in [0.25, 0.3) is 5.91 Å². The molecule has 7 nitrogen and oxygen atoms in total. The van der Waals surface area contributed by atoms with E-state index in [0.29, 0.717) is 17.3 Å². The number of amides is 1. The van der Waals surface area contributed by atoms with E-state index in [4.69, 9.17) is 9.52 Å². The number of aryl methyl sites for hydroxylation is 2. The Balaban J connectivity index is 2.40. The molecule has 0 bridgehead atoms. The first-order valence-corrected chi connectivity index (χ1v) is 6.15. The van der Waals surface area contributed by atoms with Crippen molar-refractivity contribution < 1.29 is 24.2 Å². The second kappa shape index (κ2) is 5.66. The Morgan fingerprint density at radius 3 is 2.33 bits per heavy atom. The van der Waals surface area contributed by atoms with Gasteiger partial charge in [0.1, 0.15) is 12.3 Å². The van der Waals surface area contributed by atoms with E-state index in [9.17, 15) is 14.7 Å². The predicted molar refractivity (Wildman–Crippen MR) is 73.4 cm³/mol. The van der Waals surface area contributed by atoms with Gasteiger partial charge in [0.15, 0.2) is 5.89 Å². The van der Waals surface area contributed by atoms with Crippen LogP contribution < -0.4 is 4.90 Å². The van der Waals surface area contributed by atoms with E-state index in [1.165, 1.54) is 24.3 Å². The molecule has 1 heterocycles. The Hall–Kier alpha value is -2.83. The Labute approximate surface area is 120 Å². The number of phenols is 1. The van der Waals surface area contributed by atoms with Gasteiger partial charge in [0, 0.05) is 12.6 Å². The number of phenolic OH excluding ortho intramolecular Hbond substituents is 1. The largest absolute Gasteiger partial charge is 0.508 e. The Morgan fingerprint density at radius 2 is 1.86 bits per heavy atom. The van der Waals surface area contributed by atoms with Gasteiger partial charge in [-0.05, 0) is 31.2 Å². The molecule has 0 saturated heterocycles. The number of aromatic hydroxyl groups is 1. The SMILES string of the molecule is Cc1nc(C)c(C(=O)N(CC(=O)O)c2ccc(O)cc2)o1. The van der Waals surface area contributed by atoms with Crippen molar-refractivity contribution >= 4 is 17.6 Å². The number of aromatic nitrogens is 1. The smallest absolute Gasteiger partial charge is 0.323 e. The molecule has 2 N–H and O–H groups in total. The van der Waals surface area contributed by atoms with E-state index in [1.54, 1.807) is 13.8 Å². The number of hydrogen-bond acceptors (Lipinski definition) is 5. The molecule has 0 aliphatic carbocycles. The highest BCUT2D eigenvalue weighted by Gasteiger charge is 2.25. The van der Waals surface area contributed by atoms with E-state index in [2.05, 4.69) is 4.98 Å². The molecule has 0 radical (unpaired) electrons. The number of hydrogen-bond donors (Lipinski definition) is 2. The van der Waals surface area contributed by atoms with Crippen LogP contribution in [0.3, 0.4) is 0 Å². The van der Waals surface area contributed by atoms with E-state index in [1.807, 2.05) is 0 Å². The number of oxazole rings is 1. The van der Waals surface area contributed by atoms with Gasteiger partial charge in [-0.25, -0.2) is 4.98 Å². The van der Waals surface area contributed by atoms with Gasteiger partial charge >= 0.3 is 5.97 Å². The fourth-order valence-corrected chi connectivity index (χ4v) is 1.90. The normalized spacial score (nSPS) is 10.4. The van der Waals surface area contributed by atoms with Crippen molar-refractivity contribution in [1.29, 1.82) is 0 Å². The number of benzene rings is 1. The standard InChI is InChI=1S/C14H14N2O5/c1-8-13(21-9(2)15-8)14(20)16(7-12(18)19)10-3-5-11(17)6-4-10/h3-6,17H,7H2,1-2H3,(H,18,19). The maximum Gasteiger partial charge on any atom is 0.323 e. The molecule has 110 valence electrons. The second-order valence-electron chi connectivity index (χ2n) is 4.45. The highest BCUT2D eigenvalue weighted by Crippen LogP contribution is 2.22. The molecule has 0 unspecified atom stereocenters. The van der Waals surface area contributed by atoms with Crippen molar-refractivity contribution in [2.45, 2.75) is 13.8 Å². The van der Waals surface area contributed by atoms with Gasteiger partial charge in [0.2, 0.25) is 5.76 Å². The summed E-state index contributed by atoms with van der Waals surface area (Å²) < 4.78 is 5.24. The summed E-state index contributed by atoms with van der Waals surface area (Å²) in [7, 11) is 0. The molecular formula is C14H14N2O5. The lowest BCUT2D eigenvalue weighted by molar-refractivity contribution is -0.135. The summed E-state index contributed by atoms with van der Waals surface area (Å²) in [5.74, 6) is -1.40. The van der Waals surface area contributed by atoms with Crippen LogP contribution in [-0.4, -0.2) is 33.6 Å². The van der Waals surface area contributed by atoms with Crippen LogP contribution in [0.25, 0.3) is 0 Å². The minimum Gasteiger partial charge on any atom is -0.508 e. The second-order valence-corrected chi connectivity index (χ2v) is 4.45. The molecule has 2 rings (SSSR count). The van der Waals surface area contributed by atoms with Crippen molar-refractivity contribution in [2.75, 3.05) is 11.4 Å². The predicted octanol–water partition coefficient (Wildman–Crippen LogP) is 1.73. The molecule has 1 aromatic carbocycles. The first kappa shape index (κ1) is 14.6. The van der Waals surface area contributed by atoms with Gasteiger partial charge in [-0.15, -0.1) is 0 Å². The monoisotopic (exact) mass is 290 g/mol. The molecule has 21 heavy (non-hydrogen) atoms. The van der Waals surface area contributed by atoms with Crippen LogP contribution >= 0.6 is 0 Å². The number of aliphatic carboxylic acids is 1. The number of carboxylic acids is 1. The molecule has 7 heteroatoms. The van der Waals surface area contributed by atoms with Gasteiger partial charge in [-0.1, -0.05) is 0 Å². The van der Waals surface area contributed by atoms with Crippen LogP contribution in [0.15, 0.2) is 28.7 Å². The third kappa shape index (κ3) is 3.19. The first-order valence-electron chi connectivity index (χ1n) is 6.15. The zero-order chi connectivity index (χ0) is 15.6. The van der Waals surface area contributed by atoms with E-state index in [0.717, 1.165) is 4.90 Å². The van der Waals surface area contributed by atoms with Gasteiger partial charge < -0.3 is 14.6 Å². The van der Waals surface area contributed by atoms with Crippen LogP contribution in [0.5, 0.6) is 5.75 Å². The lowest BCUT2D eigenvalue weighted by Crippen LogP contribution is -2.35. The number of anilines is 1. The summed E-state index contributed by atoms with van der Waals surface area (Å²) in [6.07, 6.45) is 0. The summed E-state index contributed by atoms with van der Waals surface area (Å²) in [5.41, 5.74) is 0.736. The Bertz CT molecular complexity index is 675. The van der Waals surface area contributed by atoms with E-state index in [-0.39, 0.29) is 11.5 Å². The quantitative estimate of drug-likeness (QED) is 0.888. The maximum atomic E-state index is 12.5. The van der Waals surface area contributed by atoms with Crippen LogP contribution in [0.2, 0.25) is 0 Å². The molecule has 1 amide bonds. The fourth-order valence-electron chi connectivity index (χ4n) is 1.90. The molecule has 0 saturated carbocycles. The number of nitrogens with zero attached hydrogens (tertiary/aromatic N) is 2. The molecule has 0 fully saturated rings. The summed E-state index contributed by atoms with van der Waals surface area (Å²) in [6.45, 7) is 2.69. The summed E-state index contributed by atoms with van der Waals surface area (Å²) in [5, 5.41) is 18.3. The van der Waals surface area contributed by atoms with Crippen LogP contribution in [-0.2, 0) is 4.79 Å². The van der Waals surface area contributed by atoms with Crippen molar-refractivity contribution in [1.82, 2.24) is 4.98 Å². The molecule has 0 atom stereocenters. The molecule has 1 aromatic heterocycles. The van der Waals surface area contributed by atoms with Crippen molar-refractivity contribution in [2.24, 2.45) is 0 Å². The third-order valence-electron chi connectivity index (χ3n) is 2.80. The first-order chi connectivity index (χ1) is 9.88. The molecular weight excluding hydrogens is 276 g/mol. The number of carboxylic acid groups (broad SMARTS) is 1. The number of carbonyl (C=O) groups is 2. The summed E-state index contributed by atoms with van der Waals surface area (Å²) >= 11 is 0. The zero-order valence-electron chi connectivity index (χ0n) is 11.5. The average Bonchev–Trinajstić information content (AvgIpc) is 2.75. The molecule has 2 aromatic rings. The van der Waals surface area contributed by atoms with Crippen LogP contribution in [0, 0.1) is 13.8 Å². The van der Waals surface area contributed by atoms with Gasteiger partial charge in [-0.3, -0.25) is 14.5 Å². The summed E-state index contributed by atoms with van der Waals surface area (Å²) in [6, 6.07) is 5.65. The summed E-state index contributed by atoms with van der Waals surface area (Å²) in [4.78, 5) is 28.5. The molecule has 0 spiro atoms. The minimum atomic E-state index is -1.16. The fraction of sp³-hybridized carbons (Fsp3) is 0.214. The van der Waals surface area contributed by atoms with Crippen molar-refractivity contribution in [3.05, 3.63) is 41.6 Å². The molecule has 0 aliphatic rings. The van der Waals surface area contributed by atoms with Crippen LogP contribution in [0.4, 0.5) is 5.69 Å². The van der Waals surface area contributed by atoms with Gasteiger partial charge in [-0.2, -0.15) is 0 Å². The van der Waals surface area contributed by atoms with E-state index < -0.39 is 18.4 Å². The van der Waals surface area contributed by atoms with Gasteiger partial charge in [0.05, 0.1) is 5.69 Å². The average molecular weight is 290 g/mol. The van der Waals surface area contributed by atoms with Crippen LogP contribution in [0.1, 0.15) is 22.1 Å². The minimum absolute atomic E-state index is 0.00169. The highest BCUT2D eigenvalue weighted by atomic mass is 16.4. The maximum absolute atomic E-state index is 12.5. The highest BCUT2D eigenvalue weighted by molar-refractivity contribution is 6.07. The van der Waals surface area contributed by atoms with Crippen molar-refractivity contribution in [3.8, 4) is 5.75 Å². The molecule has 0 aliphatic heterocycles. The topological polar surface area (TPSA) is 104 Å². The lowest BCUT2D eigenvalue weighted by Gasteiger charge is -2.19. The Morgan fingerprint density at radius 1 is 1.24 bits per heavy atom. The third-order valence-corrected chi connectivity index (χ3v) is 2.80. The van der Waals surface area contributed by atoms with E-state index >= 15 is 0 Å². The number of rotatable bonds is 4. The zero-order valence-corrected chi connectivity index (χ0v) is 11.5. The van der Waals surface area contributed by atoms with Crippen molar-refractivity contribution in [3.63, 3.8) is 0 Å².